The van der Waals surface area contributed by atoms with Crippen LogP contribution < -0.4 is 4.72 Å². The van der Waals surface area contributed by atoms with Crippen molar-refractivity contribution in [2.45, 2.75) is 51.7 Å². The molecule has 112 valence electrons. The molecule has 0 aromatic heterocycles. The van der Waals surface area contributed by atoms with Crippen LogP contribution in [0.15, 0.2) is 0 Å². The Morgan fingerprint density at radius 2 is 2.11 bits per heavy atom. The average molecular weight is 293 g/mol. The van der Waals surface area contributed by atoms with Crippen molar-refractivity contribution in [1.29, 1.82) is 0 Å². The van der Waals surface area contributed by atoms with Crippen LogP contribution in [-0.2, 0) is 19.6 Å². The lowest BCUT2D eigenvalue weighted by atomic mass is 10.1. The smallest absolute Gasteiger partial charge is 0.321 e. The lowest BCUT2D eigenvalue weighted by Gasteiger charge is -2.23. The summed E-state index contributed by atoms with van der Waals surface area (Å²) < 4.78 is 31.5. The van der Waals surface area contributed by atoms with E-state index < -0.39 is 22.0 Å². The van der Waals surface area contributed by atoms with Crippen molar-refractivity contribution in [2.24, 2.45) is 5.92 Å². The fourth-order valence-corrected chi connectivity index (χ4v) is 3.60. The van der Waals surface area contributed by atoms with Crippen molar-refractivity contribution in [3.63, 3.8) is 0 Å². The molecule has 7 heteroatoms. The Labute approximate surface area is 114 Å². The van der Waals surface area contributed by atoms with E-state index in [4.69, 9.17) is 9.84 Å². The third-order valence-electron chi connectivity index (χ3n) is 3.01. The monoisotopic (exact) mass is 293 g/mol. The van der Waals surface area contributed by atoms with E-state index in [2.05, 4.69) is 4.72 Å². The van der Waals surface area contributed by atoms with Crippen LogP contribution in [0.1, 0.15) is 39.5 Å². The maximum Gasteiger partial charge on any atom is 0.321 e. The van der Waals surface area contributed by atoms with Crippen LogP contribution in [0, 0.1) is 5.92 Å². The molecule has 0 amide bonds. The molecular formula is C12H23NO5S. The van der Waals surface area contributed by atoms with E-state index >= 15 is 0 Å². The van der Waals surface area contributed by atoms with Gasteiger partial charge in [0.2, 0.25) is 10.0 Å². The van der Waals surface area contributed by atoms with Gasteiger partial charge in [-0.05, 0) is 31.6 Å². The van der Waals surface area contributed by atoms with Gasteiger partial charge in [-0.1, -0.05) is 13.8 Å². The maximum absolute atomic E-state index is 11.9. The number of hydrogen-bond acceptors (Lipinski definition) is 4. The third kappa shape index (κ3) is 6.35. The maximum atomic E-state index is 11.9. The first-order valence-corrected chi connectivity index (χ1v) is 8.30. The van der Waals surface area contributed by atoms with Crippen molar-refractivity contribution in [2.75, 3.05) is 12.4 Å². The Hall–Kier alpha value is -0.660. The summed E-state index contributed by atoms with van der Waals surface area (Å²) in [4.78, 5) is 11.0. The zero-order chi connectivity index (χ0) is 14.5. The summed E-state index contributed by atoms with van der Waals surface area (Å²) in [5.74, 6) is -1.19. The van der Waals surface area contributed by atoms with Gasteiger partial charge in [-0.2, -0.15) is 0 Å². The van der Waals surface area contributed by atoms with E-state index in [9.17, 15) is 13.2 Å². The molecule has 1 aliphatic heterocycles. The van der Waals surface area contributed by atoms with Crippen LogP contribution in [0.25, 0.3) is 0 Å². The first kappa shape index (κ1) is 16.4. The molecule has 1 heterocycles. The lowest BCUT2D eigenvalue weighted by Crippen LogP contribution is -2.45. The molecular weight excluding hydrogens is 270 g/mol. The lowest BCUT2D eigenvalue weighted by molar-refractivity contribution is -0.139. The highest BCUT2D eigenvalue weighted by atomic mass is 32.2. The second kappa shape index (κ2) is 7.21. The largest absolute Gasteiger partial charge is 0.480 e. The van der Waals surface area contributed by atoms with Gasteiger partial charge in [0.25, 0.3) is 0 Å². The van der Waals surface area contributed by atoms with Gasteiger partial charge in [-0.15, -0.1) is 0 Å². The second-order valence-corrected chi connectivity index (χ2v) is 7.21. The van der Waals surface area contributed by atoms with Crippen LogP contribution in [0.3, 0.4) is 0 Å². The van der Waals surface area contributed by atoms with Crippen molar-refractivity contribution in [1.82, 2.24) is 4.72 Å². The number of hydrogen-bond donors (Lipinski definition) is 2. The van der Waals surface area contributed by atoms with E-state index in [1.54, 1.807) is 0 Å². The molecule has 0 bridgehead atoms. The molecule has 0 saturated carbocycles. The first-order chi connectivity index (χ1) is 8.80. The van der Waals surface area contributed by atoms with Crippen molar-refractivity contribution in [3.05, 3.63) is 0 Å². The normalized spacial score (nSPS) is 22.4. The minimum Gasteiger partial charge on any atom is -0.480 e. The molecule has 0 spiro atoms. The van der Waals surface area contributed by atoms with Gasteiger partial charge in [0.1, 0.15) is 6.04 Å². The Kier molecular flexibility index (Phi) is 6.22. The van der Waals surface area contributed by atoms with Gasteiger partial charge in [0.15, 0.2) is 0 Å². The Balaban J connectivity index is 2.57. The minimum atomic E-state index is -3.63. The van der Waals surface area contributed by atoms with E-state index in [0.29, 0.717) is 13.0 Å². The first-order valence-electron chi connectivity index (χ1n) is 6.64. The van der Waals surface area contributed by atoms with E-state index in [1.165, 1.54) is 0 Å². The van der Waals surface area contributed by atoms with Crippen LogP contribution in [0.5, 0.6) is 0 Å². The summed E-state index contributed by atoms with van der Waals surface area (Å²) in [5, 5.41) is 9.03. The van der Waals surface area contributed by atoms with Crippen molar-refractivity contribution >= 4 is 16.0 Å². The predicted octanol–water partition coefficient (Wildman–Crippen LogP) is 0.974. The Bertz CT molecular complexity index is 387. The molecule has 19 heavy (non-hydrogen) atoms. The van der Waals surface area contributed by atoms with E-state index in [0.717, 1.165) is 12.8 Å². The number of ether oxygens (including phenoxy) is 1. The molecule has 0 radical (unpaired) electrons. The number of rotatable bonds is 7. The van der Waals surface area contributed by atoms with Crippen molar-refractivity contribution < 1.29 is 23.1 Å². The molecule has 6 nitrogen and oxygen atoms in total. The highest BCUT2D eigenvalue weighted by molar-refractivity contribution is 7.89. The third-order valence-corrected chi connectivity index (χ3v) is 4.46. The molecule has 0 aromatic carbocycles. The van der Waals surface area contributed by atoms with Gasteiger partial charge in [-0.3, -0.25) is 4.79 Å². The topological polar surface area (TPSA) is 92.7 Å². The number of carboxylic acids is 1. The molecule has 1 rings (SSSR count). The number of nitrogens with one attached hydrogen (secondary N) is 1. The van der Waals surface area contributed by atoms with Gasteiger partial charge < -0.3 is 9.84 Å². The number of carboxylic acid groups (broad SMARTS) is 1. The molecule has 2 atom stereocenters. The zero-order valence-electron chi connectivity index (χ0n) is 11.5. The van der Waals surface area contributed by atoms with E-state index in [-0.39, 0.29) is 24.2 Å². The summed E-state index contributed by atoms with van der Waals surface area (Å²) in [5.41, 5.74) is 0. The summed E-state index contributed by atoms with van der Waals surface area (Å²) in [7, 11) is -3.63. The fraction of sp³-hybridized carbons (Fsp3) is 0.917. The van der Waals surface area contributed by atoms with Gasteiger partial charge in [0, 0.05) is 6.61 Å². The molecule has 2 N–H and O–H groups in total. The van der Waals surface area contributed by atoms with Crippen LogP contribution in [0.4, 0.5) is 0 Å². The standard InChI is InChI=1S/C12H23NO5S/c1-9(2)7-11(12(14)15)13-19(16,17)8-10-5-3-4-6-18-10/h9-11,13H,3-8H2,1-2H3,(H,14,15). The number of aliphatic carboxylic acids is 1. The summed E-state index contributed by atoms with van der Waals surface area (Å²) in [6.45, 7) is 4.29. The van der Waals surface area contributed by atoms with Crippen LogP contribution >= 0.6 is 0 Å². The highest BCUT2D eigenvalue weighted by Crippen LogP contribution is 2.15. The van der Waals surface area contributed by atoms with Crippen molar-refractivity contribution in [3.8, 4) is 0 Å². The van der Waals surface area contributed by atoms with Crippen LogP contribution in [0.2, 0.25) is 0 Å². The number of sulfonamides is 1. The van der Waals surface area contributed by atoms with Gasteiger partial charge in [-0.25, -0.2) is 13.1 Å². The minimum absolute atomic E-state index is 0.106. The Morgan fingerprint density at radius 1 is 1.42 bits per heavy atom. The molecule has 0 aromatic rings. The predicted molar refractivity (Wildman–Crippen MR) is 71.4 cm³/mol. The van der Waals surface area contributed by atoms with Gasteiger partial charge in [0.05, 0.1) is 11.9 Å². The zero-order valence-corrected chi connectivity index (χ0v) is 12.3. The second-order valence-electron chi connectivity index (χ2n) is 5.41. The molecule has 1 fully saturated rings. The molecule has 0 aliphatic carbocycles. The highest BCUT2D eigenvalue weighted by Gasteiger charge is 2.28. The number of carbonyl (C=O) groups is 1. The summed E-state index contributed by atoms with van der Waals surface area (Å²) in [6.07, 6.45) is 2.58. The van der Waals surface area contributed by atoms with Crippen LogP contribution in [-0.4, -0.2) is 44.0 Å². The summed E-state index contributed by atoms with van der Waals surface area (Å²) >= 11 is 0. The quantitative estimate of drug-likeness (QED) is 0.729. The molecule has 1 saturated heterocycles. The average Bonchev–Trinajstić information content (AvgIpc) is 2.27. The fourth-order valence-electron chi connectivity index (χ4n) is 2.12. The molecule has 2 unspecified atom stereocenters. The van der Waals surface area contributed by atoms with Gasteiger partial charge >= 0.3 is 5.97 Å². The van der Waals surface area contributed by atoms with E-state index in [1.807, 2.05) is 13.8 Å². The SMILES string of the molecule is CC(C)CC(NS(=O)(=O)CC1CCCCO1)C(=O)O. The summed E-state index contributed by atoms with van der Waals surface area (Å²) in [6, 6.07) is -1.06. The molecule has 1 aliphatic rings. The Morgan fingerprint density at radius 3 is 2.58 bits per heavy atom.